The Kier molecular flexibility index (Phi) is 3.92. The predicted octanol–water partition coefficient (Wildman–Crippen LogP) is 3.80. The van der Waals surface area contributed by atoms with Crippen molar-refractivity contribution in [2.75, 3.05) is 26.2 Å². The first-order chi connectivity index (χ1) is 11.2. The first-order valence-corrected chi connectivity index (χ1v) is 8.48. The smallest absolute Gasteiger partial charge is 0.127 e. The molecule has 4 rings (SSSR count). The van der Waals surface area contributed by atoms with Crippen LogP contribution in [0.1, 0.15) is 12.0 Å². The van der Waals surface area contributed by atoms with Crippen molar-refractivity contribution in [2.24, 2.45) is 0 Å². The Bertz CT molecular complexity index is 691. The Morgan fingerprint density at radius 3 is 2.91 bits per heavy atom. The molecule has 0 aromatic heterocycles. The second-order valence-corrected chi connectivity index (χ2v) is 6.84. The summed E-state index contributed by atoms with van der Waals surface area (Å²) in [5.74, 6) is 1.93. The highest BCUT2D eigenvalue weighted by atomic mass is 35.5. The molecule has 23 heavy (non-hydrogen) atoms. The minimum Gasteiger partial charge on any atom is -0.492 e. The number of fused-ring (bicyclic) bond motifs is 1. The Morgan fingerprint density at radius 1 is 1.17 bits per heavy atom. The van der Waals surface area contributed by atoms with Gasteiger partial charge in [0.1, 0.15) is 23.7 Å². The molecule has 2 aliphatic rings. The molecule has 0 N–H and O–H groups in total. The maximum absolute atomic E-state index is 6.26. The van der Waals surface area contributed by atoms with Gasteiger partial charge in [-0.25, -0.2) is 0 Å². The van der Waals surface area contributed by atoms with E-state index in [0.29, 0.717) is 6.61 Å². The lowest BCUT2D eigenvalue weighted by molar-refractivity contribution is 0.0990. The van der Waals surface area contributed by atoms with Crippen molar-refractivity contribution in [1.82, 2.24) is 4.90 Å². The molecule has 1 fully saturated rings. The van der Waals surface area contributed by atoms with Gasteiger partial charge in [0, 0.05) is 37.5 Å². The van der Waals surface area contributed by atoms with Gasteiger partial charge in [-0.15, -0.1) is 0 Å². The van der Waals surface area contributed by atoms with Gasteiger partial charge in [0.05, 0.1) is 0 Å². The van der Waals surface area contributed by atoms with Crippen LogP contribution >= 0.6 is 11.6 Å². The summed E-state index contributed by atoms with van der Waals surface area (Å²) < 4.78 is 12.1. The molecule has 120 valence electrons. The first kappa shape index (κ1) is 14.9. The average Bonchev–Trinajstić information content (AvgIpc) is 3.11. The number of nitrogens with zero attached hydrogens (tertiary/aromatic N) is 1. The number of ether oxygens (including phenoxy) is 2. The minimum absolute atomic E-state index is 0.0697. The first-order valence-electron chi connectivity index (χ1n) is 8.10. The fourth-order valence-electron chi connectivity index (χ4n) is 3.56. The van der Waals surface area contributed by atoms with E-state index in [4.69, 9.17) is 21.1 Å². The van der Waals surface area contributed by atoms with Crippen LogP contribution in [0.3, 0.4) is 0 Å². The van der Waals surface area contributed by atoms with Crippen LogP contribution in [0.15, 0.2) is 48.5 Å². The topological polar surface area (TPSA) is 21.7 Å². The summed E-state index contributed by atoms with van der Waals surface area (Å²) in [6.07, 6.45) is 2.02. The summed E-state index contributed by atoms with van der Waals surface area (Å²) in [7, 11) is 0. The van der Waals surface area contributed by atoms with E-state index < -0.39 is 0 Å². The van der Waals surface area contributed by atoms with E-state index in [0.717, 1.165) is 49.0 Å². The molecule has 0 amide bonds. The van der Waals surface area contributed by atoms with E-state index >= 15 is 0 Å². The van der Waals surface area contributed by atoms with Crippen LogP contribution in [0, 0.1) is 0 Å². The lowest BCUT2D eigenvalue weighted by Crippen LogP contribution is -2.38. The summed E-state index contributed by atoms with van der Waals surface area (Å²) in [4.78, 5) is 2.43. The normalized spacial score (nSPS) is 23.0. The second-order valence-electron chi connectivity index (χ2n) is 6.40. The van der Waals surface area contributed by atoms with Crippen molar-refractivity contribution in [3.63, 3.8) is 0 Å². The quantitative estimate of drug-likeness (QED) is 0.851. The van der Waals surface area contributed by atoms with Gasteiger partial charge in [0.15, 0.2) is 0 Å². The van der Waals surface area contributed by atoms with E-state index in [-0.39, 0.29) is 5.60 Å². The lowest BCUT2D eigenvalue weighted by atomic mass is 9.96. The van der Waals surface area contributed by atoms with Crippen molar-refractivity contribution in [2.45, 2.75) is 18.4 Å². The van der Waals surface area contributed by atoms with E-state index in [1.54, 1.807) is 0 Å². The Balaban J connectivity index is 1.32. The van der Waals surface area contributed by atoms with Crippen LogP contribution in [0.2, 0.25) is 5.02 Å². The van der Waals surface area contributed by atoms with Crippen LogP contribution in [0.25, 0.3) is 0 Å². The van der Waals surface area contributed by atoms with Crippen molar-refractivity contribution in [3.8, 4) is 11.5 Å². The zero-order valence-electron chi connectivity index (χ0n) is 13.0. The molecule has 0 aliphatic carbocycles. The van der Waals surface area contributed by atoms with E-state index in [1.807, 2.05) is 48.5 Å². The molecule has 0 radical (unpaired) electrons. The number of halogens is 1. The molecule has 1 saturated heterocycles. The van der Waals surface area contributed by atoms with E-state index in [9.17, 15) is 0 Å². The summed E-state index contributed by atoms with van der Waals surface area (Å²) in [5.41, 5.74) is 1.17. The molecular weight excluding hydrogens is 310 g/mol. The van der Waals surface area contributed by atoms with Gasteiger partial charge < -0.3 is 9.47 Å². The van der Waals surface area contributed by atoms with Crippen molar-refractivity contribution in [1.29, 1.82) is 0 Å². The van der Waals surface area contributed by atoms with Crippen molar-refractivity contribution >= 4 is 11.6 Å². The number of hydrogen-bond acceptors (Lipinski definition) is 3. The average molecular weight is 330 g/mol. The van der Waals surface area contributed by atoms with Gasteiger partial charge in [-0.05, 0) is 35.9 Å². The molecule has 2 aliphatic heterocycles. The molecule has 4 heteroatoms. The van der Waals surface area contributed by atoms with Crippen LogP contribution in [-0.2, 0) is 6.42 Å². The van der Waals surface area contributed by atoms with Crippen LogP contribution in [0.5, 0.6) is 11.5 Å². The summed E-state index contributed by atoms with van der Waals surface area (Å²) in [6.45, 7) is 3.65. The van der Waals surface area contributed by atoms with Crippen LogP contribution in [-0.4, -0.2) is 36.7 Å². The third-order valence-corrected chi connectivity index (χ3v) is 4.91. The standard InChI is InChI=1S/C19H20ClNO2/c20-16-6-7-18-15(12-16)13-19(23-18)8-9-21(14-19)10-11-22-17-4-2-1-3-5-17/h1-7,12H,8-11,13-14H2. The maximum atomic E-state index is 6.26. The molecule has 0 saturated carbocycles. The number of para-hydroxylation sites is 1. The third-order valence-electron chi connectivity index (χ3n) is 4.68. The third kappa shape index (κ3) is 3.17. The summed E-state index contributed by atoms with van der Waals surface area (Å²) in [6, 6.07) is 15.9. The number of likely N-dealkylation sites (tertiary alicyclic amines) is 1. The second kappa shape index (κ2) is 6.06. The molecule has 0 bridgehead atoms. The lowest BCUT2D eigenvalue weighted by Gasteiger charge is -2.24. The monoisotopic (exact) mass is 329 g/mol. The van der Waals surface area contributed by atoms with Gasteiger partial charge in [-0.2, -0.15) is 0 Å². The van der Waals surface area contributed by atoms with Gasteiger partial charge >= 0.3 is 0 Å². The predicted molar refractivity (Wildman–Crippen MR) is 91.5 cm³/mol. The van der Waals surface area contributed by atoms with Gasteiger partial charge in [0.2, 0.25) is 0 Å². The summed E-state index contributed by atoms with van der Waals surface area (Å²) in [5, 5.41) is 0.788. The van der Waals surface area contributed by atoms with Gasteiger partial charge in [-0.3, -0.25) is 4.90 Å². The molecule has 2 aromatic carbocycles. The zero-order valence-corrected chi connectivity index (χ0v) is 13.8. The molecule has 3 nitrogen and oxygen atoms in total. The molecule has 1 atom stereocenters. The Labute approximate surface area is 141 Å². The number of benzene rings is 2. The fourth-order valence-corrected chi connectivity index (χ4v) is 3.75. The molecule has 1 spiro atoms. The number of rotatable bonds is 4. The molecular formula is C19H20ClNO2. The van der Waals surface area contributed by atoms with Crippen LogP contribution < -0.4 is 9.47 Å². The fraction of sp³-hybridized carbons (Fsp3) is 0.368. The van der Waals surface area contributed by atoms with Gasteiger partial charge in [0.25, 0.3) is 0 Å². The largest absolute Gasteiger partial charge is 0.492 e. The molecule has 2 aromatic rings. The van der Waals surface area contributed by atoms with E-state index in [2.05, 4.69) is 4.90 Å². The maximum Gasteiger partial charge on any atom is 0.127 e. The molecule has 1 unspecified atom stereocenters. The SMILES string of the molecule is Clc1ccc2c(c1)CC1(CCN(CCOc3ccccc3)C1)O2. The highest BCUT2D eigenvalue weighted by Gasteiger charge is 2.44. The summed E-state index contributed by atoms with van der Waals surface area (Å²) >= 11 is 6.09. The Morgan fingerprint density at radius 2 is 2.04 bits per heavy atom. The molecule has 2 heterocycles. The van der Waals surface area contributed by atoms with Gasteiger partial charge in [-0.1, -0.05) is 29.8 Å². The van der Waals surface area contributed by atoms with Crippen LogP contribution in [0.4, 0.5) is 0 Å². The van der Waals surface area contributed by atoms with E-state index in [1.165, 1.54) is 5.56 Å². The zero-order chi connectivity index (χ0) is 15.7. The highest BCUT2D eigenvalue weighted by Crippen LogP contribution is 2.41. The number of hydrogen-bond donors (Lipinski definition) is 0. The van der Waals surface area contributed by atoms with Crippen molar-refractivity contribution in [3.05, 3.63) is 59.1 Å². The minimum atomic E-state index is -0.0697. The highest BCUT2D eigenvalue weighted by molar-refractivity contribution is 6.30. The van der Waals surface area contributed by atoms with Crippen molar-refractivity contribution < 1.29 is 9.47 Å². The Hall–Kier alpha value is -1.71.